The van der Waals surface area contributed by atoms with Gasteiger partial charge in [0, 0.05) is 17.5 Å². The molecule has 2 aromatic carbocycles. The summed E-state index contributed by atoms with van der Waals surface area (Å²) >= 11 is 0.580. The van der Waals surface area contributed by atoms with E-state index in [9.17, 15) is 32.7 Å². The molecule has 1 aromatic heterocycles. The molecule has 0 aliphatic carbocycles. The predicted molar refractivity (Wildman–Crippen MR) is 121 cm³/mol. The Kier molecular flexibility index (Phi) is 7.89. The molecule has 0 aliphatic rings. The second kappa shape index (κ2) is 10.9. The molecule has 14 heteroatoms. The normalized spacial score (nSPS) is 10.5. The van der Waals surface area contributed by atoms with E-state index in [2.05, 4.69) is 10.6 Å². The molecule has 0 saturated carbocycles. The van der Waals surface area contributed by atoms with Crippen molar-refractivity contribution in [2.24, 2.45) is 0 Å². The standard InChI is InChI=1S/C22H17F3N2O8S/c1-33-14-4-3-10(23)18(25)9(14)7-35-16-6-12(11(24)5-15(16)34-2)26-22(32)27-13-8-36-19(21(30)31)17(13)20(28)29/h3-6,8H,7H2,1-2H3,(H,28,29)(H,30,31)(H2,26,27,32). The number of nitrogens with one attached hydrogen (secondary N) is 2. The minimum Gasteiger partial charge on any atom is -0.496 e. The molecular weight excluding hydrogens is 509 g/mol. The number of aromatic carboxylic acids is 2. The Bertz CT molecular complexity index is 1350. The highest BCUT2D eigenvalue weighted by Gasteiger charge is 2.25. The first-order valence-electron chi connectivity index (χ1n) is 9.74. The highest BCUT2D eigenvalue weighted by molar-refractivity contribution is 7.13. The van der Waals surface area contributed by atoms with Crippen LogP contribution in [0.5, 0.6) is 17.2 Å². The van der Waals surface area contributed by atoms with Crippen LogP contribution in [0.1, 0.15) is 25.6 Å². The number of benzene rings is 2. The van der Waals surface area contributed by atoms with Crippen LogP contribution in [0.3, 0.4) is 0 Å². The van der Waals surface area contributed by atoms with Crippen molar-refractivity contribution in [3.05, 3.63) is 63.1 Å². The van der Waals surface area contributed by atoms with E-state index in [0.717, 1.165) is 23.6 Å². The minimum absolute atomic E-state index is 0.00145. The number of carboxylic acid groups (broad SMARTS) is 2. The van der Waals surface area contributed by atoms with Gasteiger partial charge in [-0.2, -0.15) is 0 Å². The molecule has 0 bridgehead atoms. The molecular formula is C22H17F3N2O8S. The average molecular weight is 526 g/mol. The van der Waals surface area contributed by atoms with Crippen molar-refractivity contribution >= 4 is 40.7 Å². The van der Waals surface area contributed by atoms with Gasteiger partial charge in [0.15, 0.2) is 29.0 Å². The lowest BCUT2D eigenvalue weighted by atomic mass is 10.2. The third-order valence-corrected chi connectivity index (χ3v) is 5.66. The number of urea groups is 1. The van der Waals surface area contributed by atoms with Crippen LogP contribution in [0, 0.1) is 17.5 Å². The minimum atomic E-state index is -1.59. The molecule has 0 unspecified atom stereocenters. The molecule has 1 heterocycles. The molecule has 190 valence electrons. The van der Waals surface area contributed by atoms with Crippen LogP contribution in [-0.2, 0) is 6.61 Å². The molecule has 3 rings (SSSR count). The summed E-state index contributed by atoms with van der Waals surface area (Å²) in [6, 6.07) is 2.84. The maximum Gasteiger partial charge on any atom is 0.346 e. The number of carboxylic acids is 2. The van der Waals surface area contributed by atoms with Crippen LogP contribution in [0.15, 0.2) is 29.6 Å². The summed E-state index contributed by atoms with van der Waals surface area (Å²) in [5, 5.41) is 23.8. The van der Waals surface area contributed by atoms with Crippen LogP contribution in [0.4, 0.5) is 29.3 Å². The first-order valence-corrected chi connectivity index (χ1v) is 10.6. The Morgan fingerprint density at radius 2 is 1.56 bits per heavy atom. The second-order valence-corrected chi connectivity index (χ2v) is 7.74. The quantitative estimate of drug-likeness (QED) is 0.311. The molecule has 2 amide bonds. The molecule has 0 spiro atoms. The van der Waals surface area contributed by atoms with Gasteiger partial charge in [0.1, 0.15) is 22.8 Å². The van der Waals surface area contributed by atoms with Crippen molar-refractivity contribution in [3.8, 4) is 17.2 Å². The van der Waals surface area contributed by atoms with Gasteiger partial charge >= 0.3 is 18.0 Å². The number of thiophene rings is 1. The fraction of sp³-hybridized carbons (Fsp3) is 0.136. The summed E-state index contributed by atoms with van der Waals surface area (Å²) in [7, 11) is 2.45. The van der Waals surface area contributed by atoms with Crippen LogP contribution in [0.2, 0.25) is 0 Å². The summed E-state index contributed by atoms with van der Waals surface area (Å²) in [6.45, 7) is -0.546. The van der Waals surface area contributed by atoms with Crippen molar-refractivity contribution < 1.29 is 52.0 Å². The fourth-order valence-corrected chi connectivity index (χ4v) is 3.88. The van der Waals surface area contributed by atoms with Crippen LogP contribution >= 0.6 is 11.3 Å². The predicted octanol–water partition coefficient (Wildman–Crippen LogP) is 4.80. The van der Waals surface area contributed by atoms with Gasteiger partial charge in [-0.15, -0.1) is 11.3 Å². The third-order valence-electron chi connectivity index (χ3n) is 4.69. The van der Waals surface area contributed by atoms with Crippen molar-refractivity contribution in [1.29, 1.82) is 0 Å². The summed E-state index contributed by atoms with van der Waals surface area (Å²) in [5.74, 6) is -6.70. The van der Waals surface area contributed by atoms with Crippen molar-refractivity contribution in [2.75, 3.05) is 24.9 Å². The molecule has 0 aliphatic heterocycles. The zero-order valence-electron chi connectivity index (χ0n) is 18.5. The zero-order chi connectivity index (χ0) is 26.6. The average Bonchev–Trinajstić information content (AvgIpc) is 3.25. The topological polar surface area (TPSA) is 143 Å². The van der Waals surface area contributed by atoms with E-state index >= 15 is 0 Å². The summed E-state index contributed by atoms with van der Waals surface area (Å²) in [5.41, 5.74) is -1.67. The summed E-state index contributed by atoms with van der Waals surface area (Å²) in [4.78, 5) is 34.5. The molecule has 0 radical (unpaired) electrons. The van der Waals surface area contributed by atoms with Crippen LogP contribution in [-0.4, -0.2) is 42.4 Å². The molecule has 0 atom stereocenters. The Labute approximate surface area is 204 Å². The Morgan fingerprint density at radius 3 is 2.17 bits per heavy atom. The maximum absolute atomic E-state index is 14.6. The monoisotopic (exact) mass is 526 g/mol. The fourth-order valence-electron chi connectivity index (χ4n) is 3.05. The summed E-state index contributed by atoms with van der Waals surface area (Å²) in [6.07, 6.45) is 0. The van der Waals surface area contributed by atoms with Gasteiger partial charge in [-0.1, -0.05) is 0 Å². The Hall–Kier alpha value is -4.46. The first-order chi connectivity index (χ1) is 17.1. The molecule has 3 aromatic rings. The van der Waals surface area contributed by atoms with E-state index in [0.29, 0.717) is 11.3 Å². The van der Waals surface area contributed by atoms with E-state index in [1.54, 1.807) is 0 Å². The van der Waals surface area contributed by atoms with Crippen molar-refractivity contribution in [1.82, 2.24) is 0 Å². The number of rotatable bonds is 9. The van der Waals surface area contributed by atoms with E-state index in [1.807, 2.05) is 0 Å². The number of hydrogen-bond acceptors (Lipinski definition) is 7. The van der Waals surface area contributed by atoms with E-state index in [1.165, 1.54) is 20.3 Å². The lowest BCUT2D eigenvalue weighted by Gasteiger charge is -2.16. The SMILES string of the molecule is COc1cc(F)c(NC(=O)Nc2csc(C(=O)O)c2C(=O)O)cc1OCc1c(OC)ccc(F)c1F. The van der Waals surface area contributed by atoms with Gasteiger partial charge < -0.3 is 35.1 Å². The second-order valence-electron chi connectivity index (χ2n) is 6.86. The molecule has 4 N–H and O–H groups in total. The van der Waals surface area contributed by atoms with Crippen LogP contribution < -0.4 is 24.8 Å². The maximum atomic E-state index is 14.6. The van der Waals surface area contributed by atoms with Gasteiger partial charge in [0.25, 0.3) is 0 Å². The van der Waals surface area contributed by atoms with E-state index < -0.39 is 58.2 Å². The highest BCUT2D eigenvalue weighted by atomic mass is 32.1. The molecule has 0 saturated heterocycles. The molecule has 0 fully saturated rings. The molecule has 36 heavy (non-hydrogen) atoms. The Balaban J connectivity index is 1.84. The number of amides is 2. The molecule has 10 nitrogen and oxygen atoms in total. The lowest BCUT2D eigenvalue weighted by molar-refractivity contribution is 0.0657. The third kappa shape index (κ3) is 5.43. The number of anilines is 2. The largest absolute Gasteiger partial charge is 0.496 e. The Morgan fingerprint density at radius 1 is 0.889 bits per heavy atom. The van der Waals surface area contributed by atoms with Gasteiger partial charge in [-0.05, 0) is 12.1 Å². The number of methoxy groups -OCH3 is 2. The lowest BCUT2D eigenvalue weighted by Crippen LogP contribution is -2.21. The zero-order valence-corrected chi connectivity index (χ0v) is 19.3. The van der Waals surface area contributed by atoms with Crippen molar-refractivity contribution in [2.45, 2.75) is 6.61 Å². The van der Waals surface area contributed by atoms with Gasteiger partial charge in [-0.3, -0.25) is 0 Å². The number of ether oxygens (including phenoxy) is 3. The number of carbonyl (C=O) groups is 3. The highest BCUT2D eigenvalue weighted by Crippen LogP contribution is 2.35. The van der Waals surface area contributed by atoms with Crippen molar-refractivity contribution in [3.63, 3.8) is 0 Å². The number of halogens is 3. The van der Waals surface area contributed by atoms with E-state index in [-0.39, 0.29) is 28.5 Å². The summed E-state index contributed by atoms with van der Waals surface area (Å²) < 4.78 is 57.9. The van der Waals surface area contributed by atoms with E-state index in [4.69, 9.17) is 19.3 Å². The van der Waals surface area contributed by atoms with Gasteiger partial charge in [-0.25, -0.2) is 27.6 Å². The first kappa shape index (κ1) is 26.2. The van der Waals surface area contributed by atoms with Gasteiger partial charge in [0.05, 0.1) is 31.2 Å². The number of hydrogen-bond donors (Lipinski definition) is 4. The number of carbonyl (C=O) groups excluding carboxylic acids is 1. The van der Waals surface area contributed by atoms with Gasteiger partial charge in [0.2, 0.25) is 0 Å². The smallest absolute Gasteiger partial charge is 0.346 e. The van der Waals surface area contributed by atoms with Crippen LogP contribution in [0.25, 0.3) is 0 Å².